The second-order valence-corrected chi connectivity index (χ2v) is 6.10. The van der Waals surface area contributed by atoms with Gasteiger partial charge in [-0.05, 0) is 43.5 Å². The number of hydrogen-bond acceptors (Lipinski definition) is 3. The highest BCUT2D eigenvalue weighted by atomic mass is 16.5. The van der Waals surface area contributed by atoms with Crippen LogP contribution in [0.3, 0.4) is 0 Å². The van der Waals surface area contributed by atoms with Crippen molar-refractivity contribution < 1.29 is 9.53 Å². The molecule has 0 spiro atoms. The number of likely N-dealkylation sites (N-methyl/N-ethyl adjacent to an activating group) is 1. The van der Waals surface area contributed by atoms with Gasteiger partial charge in [0.15, 0.2) is 0 Å². The molecule has 0 saturated carbocycles. The first kappa shape index (κ1) is 17.7. The Balaban J connectivity index is 2.63. The van der Waals surface area contributed by atoms with Crippen molar-refractivity contribution in [2.24, 2.45) is 5.41 Å². The van der Waals surface area contributed by atoms with Gasteiger partial charge in [-0.2, -0.15) is 0 Å². The smallest absolute Gasteiger partial charge is 0.251 e. The summed E-state index contributed by atoms with van der Waals surface area (Å²) in [6, 6.07) is 7.79. The zero-order chi connectivity index (χ0) is 15.7. The molecule has 1 amide bonds. The average Bonchev–Trinajstić information content (AvgIpc) is 2.49. The number of rotatable bonds is 9. The number of benzene rings is 1. The van der Waals surface area contributed by atoms with Gasteiger partial charge in [-0.15, -0.1) is 0 Å². The summed E-state index contributed by atoms with van der Waals surface area (Å²) in [5.74, 6) is 0.00666. The predicted molar refractivity (Wildman–Crippen MR) is 86.7 cm³/mol. The van der Waals surface area contributed by atoms with E-state index in [0.717, 1.165) is 30.5 Å². The molecule has 0 bridgehead atoms. The summed E-state index contributed by atoms with van der Waals surface area (Å²) in [5.41, 5.74) is 1.89. The summed E-state index contributed by atoms with van der Waals surface area (Å²) in [6.45, 7) is 6.50. The van der Waals surface area contributed by atoms with Gasteiger partial charge in [0, 0.05) is 25.8 Å². The van der Waals surface area contributed by atoms with Gasteiger partial charge in [-0.3, -0.25) is 4.79 Å². The lowest BCUT2D eigenvalue weighted by atomic mass is 9.89. The Morgan fingerprint density at radius 3 is 2.67 bits per heavy atom. The van der Waals surface area contributed by atoms with E-state index in [1.54, 1.807) is 7.11 Å². The van der Waals surface area contributed by atoms with Gasteiger partial charge in [0.25, 0.3) is 5.91 Å². The molecule has 118 valence electrons. The van der Waals surface area contributed by atoms with Crippen LogP contribution in [0, 0.1) is 5.41 Å². The molecule has 1 aromatic carbocycles. The number of nitrogens with one attached hydrogen (secondary N) is 2. The Morgan fingerprint density at radius 2 is 2.00 bits per heavy atom. The molecule has 4 nitrogen and oxygen atoms in total. The highest BCUT2D eigenvalue weighted by Gasteiger charge is 2.19. The molecule has 0 aliphatic heterocycles. The molecule has 0 saturated heterocycles. The molecule has 1 rings (SSSR count). The fourth-order valence-corrected chi connectivity index (χ4v) is 2.10. The highest BCUT2D eigenvalue weighted by molar-refractivity contribution is 5.95. The number of carbonyl (C=O) groups excluding carboxylic acids is 1. The molecule has 0 radical (unpaired) electrons. The summed E-state index contributed by atoms with van der Waals surface area (Å²) in [6.07, 6.45) is 1.78. The van der Waals surface area contributed by atoms with E-state index in [1.165, 1.54) is 0 Å². The second kappa shape index (κ2) is 8.80. The van der Waals surface area contributed by atoms with Crippen LogP contribution in [-0.2, 0) is 11.2 Å². The van der Waals surface area contributed by atoms with Gasteiger partial charge in [0.05, 0.1) is 0 Å². The summed E-state index contributed by atoms with van der Waals surface area (Å²) >= 11 is 0. The zero-order valence-corrected chi connectivity index (χ0v) is 13.7. The van der Waals surface area contributed by atoms with Crippen LogP contribution in [0.25, 0.3) is 0 Å². The molecule has 21 heavy (non-hydrogen) atoms. The van der Waals surface area contributed by atoms with Gasteiger partial charge >= 0.3 is 0 Å². The average molecular weight is 292 g/mol. The van der Waals surface area contributed by atoms with E-state index in [-0.39, 0.29) is 11.3 Å². The second-order valence-electron chi connectivity index (χ2n) is 6.10. The number of amides is 1. The molecular weight excluding hydrogens is 264 g/mol. The van der Waals surface area contributed by atoms with Crippen LogP contribution in [0.15, 0.2) is 24.3 Å². The van der Waals surface area contributed by atoms with Gasteiger partial charge in [-0.1, -0.05) is 32.0 Å². The van der Waals surface area contributed by atoms with Crippen LogP contribution < -0.4 is 10.6 Å². The Kier molecular flexibility index (Phi) is 7.40. The van der Waals surface area contributed by atoms with Gasteiger partial charge in [0.2, 0.25) is 0 Å². The van der Waals surface area contributed by atoms with Crippen molar-refractivity contribution in [2.75, 3.05) is 33.9 Å². The van der Waals surface area contributed by atoms with E-state index in [1.807, 2.05) is 31.3 Å². The third-order valence-corrected chi connectivity index (χ3v) is 3.62. The van der Waals surface area contributed by atoms with E-state index in [4.69, 9.17) is 4.74 Å². The first-order valence-corrected chi connectivity index (χ1v) is 7.50. The molecule has 0 aromatic heterocycles. The Labute approximate surface area is 128 Å². The van der Waals surface area contributed by atoms with Crippen LogP contribution in [0.1, 0.15) is 36.2 Å². The lowest BCUT2D eigenvalue weighted by Crippen LogP contribution is -2.35. The maximum Gasteiger partial charge on any atom is 0.251 e. The molecular formula is C17H28N2O2. The van der Waals surface area contributed by atoms with Crippen molar-refractivity contribution >= 4 is 5.91 Å². The van der Waals surface area contributed by atoms with Crippen LogP contribution in [-0.4, -0.2) is 39.8 Å². The predicted octanol–water partition coefficient (Wildman–Crippen LogP) is 2.24. The fourth-order valence-electron chi connectivity index (χ4n) is 2.10. The first-order chi connectivity index (χ1) is 10.00. The molecule has 4 heteroatoms. The lowest BCUT2D eigenvalue weighted by molar-refractivity contribution is 0.0920. The SMILES string of the molecule is CNCCc1ccccc1C(=O)NCC(C)(C)CCOC. The maximum atomic E-state index is 12.4. The third kappa shape index (κ3) is 6.27. The lowest BCUT2D eigenvalue weighted by Gasteiger charge is -2.24. The largest absolute Gasteiger partial charge is 0.385 e. The number of hydrogen-bond donors (Lipinski definition) is 2. The number of carbonyl (C=O) groups is 1. The van der Waals surface area contributed by atoms with Gasteiger partial charge in [-0.25, -0.2) is 0 Å². The minimum absolute atomic E-state index is 0.00666. The van der Waals surface area contributed by atoms with Crippen molar-refractivity contribution in [1.82, 2.24) is 10.6 Å². The molecule has 1 aromatic rings. The third-order valence-electron chi connectivity index (χ3n) is 3.62. The summed E-state index contributed by atoms with van der Waals surface area (Å²) in [5, 5.41) is 6.17. The summed E-state index contributed by atoms with van der Waals surface area (Å²) in [4.78, 5) is 12.4. The molecule has 0 unspecified atom stereocenters. The van der Waals surface area contributed by atoms with Crippen molar-refractivity contribution in [3.8, 4) is 0 Å². The van der Waals surface area contributed by atoms with E-state index < -0.39 is 0 Å². The Hall–Kier alpha value is -1.39. The maximum absolute atomic E-state index is 12.4. The zero-order valence-electron chi connectivity index (χ0n) is 13.7. The van der Waals surface area contributed by atoms with Crippen LogP contribution in [0.4, 0.5) is 0 Å². The van der Waals surface area contributed by atoms with Crippen molar-refractivity contribution in [1.29, 1.82) is 0 Å². The molecule has 0 heterocycles. The van der Waals surface area contributed by atoms with Crippen molar-refractivity contribution in [3.05, 3.63) is 35.4 Å². The van der Waals surface area contributed by atoms with Gasteiger partial charge < -0.3 is 15.4 Å². The minimum Gasteiger partial charge on any atom is -0.385 e. The first-order valence-electron chi connectivity index (χ1n) is 7.50. The van der Waals surface area contributed by atoms with E-state index in [0.29, 0.717) is 13.2 Å². The quantitative estimate of drug-likeness (QED) is 0.734. The topological polar surface area (TPSA) is 50.4 Å². The van der Waals surface area contributed by atoms with Crippen LogP contribution >= 0.6 is 0 Å². The number of ether oxygens (including phenoxy) is 1. The normalized spacial score (nSPS) is 11.4. The Bertz CT molecular complexity index is 444. The van der Waals surface area contributed by atoms with Crippen LogP contribution in [0.2, 0.25) is 0 Å². The minimum atomic E-state index is 0.00666. The van der Waals surface area contributed by atoms with E-state index in [2.05, 4.69) is 24.5 Å². The monoisotopic (exact) mass is 292 g/mol. The van der Waals surface area contributed by atoms with E-state index >= 15 is 0 Å². The molecule has 2 N–H and O–H groups in total. The van der Waals surface area contributed by atoms with Crippen LogP contribution in [0.5, 0.6) is 0 Å². The molecule has 0 fully saturated rings. The van der Waals surface area contributed by atoms with Crippen molar-refractivity contribution in [3.63, 3.8) is 0 Å². The summed E-state index contributed by atoms with van der Waals surface area (Å²) in [7, 11) is 3.62. The molecule has 0 atom stereocenters. The fraction of sp³-hybridized carbons (Fsp3) is 0.588. The molecule has 0 aliphatic carbocycles. The van der Waals surface area contributed by atoms with Gasteiger partial charge in [0.1, 0.15) is 0 Å². The Morgan fingerprint density at radius 1 is 1.29 bits per heavy atom. The highest BCUT2D eigenvalue weighted by Crippen LogP contribution is 2.19. The molecule has 0 aliphatic rings. The standard InChI is InChI=1S/C17H28N2O2/c1-17(2,10-12-21-4)13-19-16(20)15-8-6-5-7-14(15)9-11-18-3/h5-8,18H,9-13H2,1-4H3,(H,19,20). The summed E-state index contributed by atoms with van der Waals surface area (Å²) < 4.78 is 5.11. The van der Waals surface area contributed by atoms with E-state index in [9.17, 15) is 4.79 Å². The van der Waals surface area contributed by atoms with Crippen molar-refractivity contribution in [2.45, 2.75) is 26.7 Å². The number of methoxy groups -OCH3 is 1.